The quantitative estimate of drug-likeness (QED) is 0.481. The van der Waals surface area contributed by atoms with Gasteiger partial charge in [0, 0.05) is 16.8 Å². The van der Waals surface area contributed by atoms with E-state index in [0.717, 1.165) is 0 Å². The number of halogens is 2. The fourth-order valence-electron chi connectivity index (χ4n) is 1.43. The van der Waals surface area contributed by atoms with Crippen molar-refractivity contribution >= 4 is 51.9 Å². The lowest BCUT2D eigenvalue weighted by atomic mass is 10.2. The zero-order valence-electron chi connectivity index (χ0n) is 10.1. The second-order valence-electron chi connectivity index (χ2n) is 3.77. The SMILES string of the molecule is N#C/C(=C\c1ccc(I)o1)C(=O)Nc1ccc(Cl)cc1. The Balaban J connectivity index is 2.16. The van der Waals surface area contributed by atoms with E-state index >= 15 is 0 Å². The first-order valence-corrected chi connectivity index (χ1v) is 6.98. The number of nitrogens with one attached hydrogen (secondary N) is 1. The Labute approximate surface area is 134 Å². The second-order valence-corrected chi connectivity index (χ2v) is 5.27. The van der Waals surface area contributed by atoms with Crippen LogP contribution in [-0.2, 0) is 4.79 Å². The number of carbonyl (C=O) groups excluding carboxylic acids is 1. The van der Waals surface area contributed by atoms with Crippen LogP contribution in [0.1, 0.15) is 5.76 Å². The third-order valence-corrected chi connectivity index (χ3v) is 3.18. The highest BCUT2D eigenvalue weighted by atomic mass is 127. The predicted molar refractivity (Wildman–Crippen MR) is 85.1 cm³/mol. The summed E-state index contributed by atoms with van der Waals surface area (Å²) in [5.41, 5.74) is 0.528. The Hall–Kier alpha value is -1.78. The van der Waals surface area contributed by atoms with Gasteiger partial charge >= 0.3 is 0 Å². The van der Waals surface area contributed by atoms with E-state index < -0.39 is 5.91 Å². The lowest BCUT2D eigenvalue weighted by Crippen LogP contribution is -2.13. The van der Waals surface area contributed by atoms with Gasteiger partial charge in [-0.1, -0.05) is 11.6 Å². The fourth-order valence-corrected chi connectivity index (χ4v) is 1.99. The van der Waals surface area contributed by atoms with Crippen LogP contribution in [0.4, 0.5) is 5.69 Å². The van der Waals surface area contributed by atoms with E-state index in [-0.39, 0.29) is 5.57 Å². The van der Waals surface area contributed by atoms with Gasteiger partial charge in [-0.15, -0.1) is 0 Å². The standard InChI is InChI=1S/C14H8ClIN2O2/c15-10-1-3-11(4-2-10)18-14(19)9(8-17)7-12-5-6-13(16)20-12/h1-7H,(H,18,19)/b9-7+. The number of benzene rings is 1. The normalized spacial score (nSPS) is 10.9. The van der Waals surface area contributed by atoms with E-state index in [1.165, 1.54) is 6.08 Å². The minimum Gasteiger partial charge on any atom is -0.451 e. The summed E-state index contributed by atoms with van der Waals surface area (Å²) in [4.78, 5) is 12.0. The molecular formula is C14H8ClIN2O2. The van der Waals surface area contributed by atoms with Gasteiger partial charge in [0.1, 0.15) is 17.4 Å². The molecule has 1 heterocycles. The Bertz CT molecular complexity index is 699. The molecule has 0 unspecified atom stereocenters. The second kappa shape index (κ2) is 6.59. The molecule has 20 heavy (non-hydrogen) atoms. The van der Waals surface area contributed by atoms with Crippen LogP contribution in [0.5, 0.6) is 0 Å². The highest BCUT2D eigenvalue weighted by Gasteiger charge is 2.10. The van der Waals surface area contributed by atoms with Crippen LogP contribution in [0.3, 0.4) is 0 Å². The summed E-state index contributed by atoms with van der Waals surface area (Å²) < 4.78 is 5.98. The maximum atomic E-state index is 12.0. The van der Waals surface area contributed by atoms with Gasteiger partial charge in [0.05, 0.1) is 0 Å². The van der Waals surface area contributed by atoms with E-state index in [9.17, 15) is 4.79 Å². The zero-order valence-corrected chi connectivity index (χ0v) is 13.0. The monoisotopic (exact) mass is 398 g/mol. The summed E-state index contributed by atoms with van der Waals surface area (Å²) in [6.07, 6.45) is 1.40. The molecule has 0 bridgehead atoms. The zero-order chi connectivity index (χ0) is 14.5. The molecule has 1 aromatic heterocycles. The molecule has 1 amide bonds. The topological polar surface area (TPSA) is 66.0 Å². The highest BCUT2D eigenvalue weighted by Crippen LogP contribution is 2.16. The third-order valence-electron chi connectivity index (χ3n) is 2.35. The molecule has 2 aromatic rings. The van der Waals surface area contributed by atoms with Gasteiger partial charge < -0.3 is 9.73 Å². The highest BCUT2D eigenvalue weighted by molar-refractivity contribution is 14.1. The lowest BCUT2D eigenvalue weighted by Gasteiger charge is -2.03. The Morgan fingerprint density at radius 2 is 2.00 bits per heavy atom. The van der Waals surface area contributed by atoms with E-state index in [0.29, 0.717) is 20.2 Å². The van der Waals surface area contributed by atoms with Gasteiger partial charge in [0.25, 0.3) is 5.91 Å². The number of nitrogens with zero attached hydrogens (tertiary/aromatic N) is 1. The minimum atomic E-state index is -0.499. The van der Waals surface area contributed by atoms with Crippen molar-refractivity contribution in [2.75, 3.05) is 5.32 Å². The van der Waals surface area contributed by atoms with Crippen LogP contribution in [-0.4, -0.2) is 5.91 Å². The average molecular weight is 399 g/mol. The molecule has 0 saturated carbocycles. The largest absolute Gasteiger partial charge is 0.451 e. The van der Waals surface area contributed by atoms with Crippen molar-refractivity contribution in [2.45, 2.75) is 0 Å². The number of furan rings is 1. The number of anilines is 1. The van der Waals surface area contributed by atoms with Crippen molar-refractivity contribution in [2.24, 2.45) is 0 Å². The van der Waals surface area contributed by atoms with Crippen LogP contribution in [0.15, 0.2) is 46.4 Å². The van der Waals surface area contributed by atoms with Crippen molar-refractivity contribution < 1.29 is 9.21 Å². The summed E-state index contributed by atoms with van der Waals surface area (Å²) in [7, 11) is 0. The molecule has 0 fully saturated rings. The molecule has 0 atom stereocenters. The molecule has 0 aliphatic carbocycles. The maximum Gasteiger partial charge on any atom is 0.266 e. The Kier molecular flexibility index (Phi) is 4.82. The number of nitriles is 1. The molecule has 0 radical (unpaired) electrons. The molecule has 0 saturated heterocycles. The van der Waals surface area contributed by atoms with Gasteiger partial charge in [-0.3, -0.25) is 4.79 Å². The summed E-state index contributed by atoms with van der Waals surface area (Å²) in [6.45, 7) is 0. The first-order chi connectivity index (χ1) is 9.58. The van der Waals surface area contributed by atoms with Crippen LogP contribution >= 0.6 is 34.2 Å². The van der Waals surface area contributed by atoms with E-state index in [1.54, 1.807) is 36.4 Å². The van der Waals surface area contributed by atoms with Crippen LogP contribution in [0.2, 0.25) is 5.02 Å². The first-order valence-electron chi connectivity index (χ1n) is 5.52. The van der Waals surface area contributed by atoms with Crippen molar-refractivity contribution in [3.05, 3.63) is 56.5 Å². The van der Waals surface area contributed by atoms with Gasteiger partial charge in [-0.05, 0) is 59.0 Å². The summed E-state index contributed by atoms with van der Waals surface area (Å²) in [5.74, 6) is -0.0431. The Morgan fingerprint density at radius 3 is 2.55 bits per heavy atom. The number of amides is 1. The number of hydrogen-bond acceptors (Lipinski definition) is 3. The van der Waals surface area contributed by atoms with Crippen LogP contribution in [0, 0.1) is 15.1 Å². The number of hydrogen-bond donors (Lipinski definition) is 1. The minimum absolute atomic E-state index is 0.0364. The van der Waals surface area contributed by atoms with Crippen molar-refractivity contribution in [3.8, 4) is 6.07 Å². The molecule has 0 aliphatic rings. The van der Waals surface area contributed by atoms with Gasteiger partial charge in [-0.25, -0.2) is 0 Å². The van der Waals surface area contributed by atoms with E-state index in [1.807, 2.05) is 28.7 Å². The third kappa shape index (κ3) is 3.85. The smallest absolute Gasteiger partial charge is 0.266 e. The predicted octanol–water partition coefficient (Wildman–Crippen LogP) is 4.08. The lowest BCUT2D eigenvalue weighted by molar-refractivity contribution is -0.112. The molecule has 1 aromatic carbocycles. The van der Waals surface area contributed by atoms with Crippen LogP contribution < -0.4 is 5.32 Å². The van der Waals surface area contributed by atoms with Crippen LogP contribution in [0.25, 0.3) is 6.08 Å². The summed E-state index contributed by atoms with van der Waals surface area (Å²) in [6, 6.07) is 11.9. The fraction of sp³-hybridized carbons (Fsp3) is 0. The maximum absolute atomic E-state index is 12.0. The van der Waals surface area contributed by atoms with Crippen molar-refractivity contribution in [3.63, 3.8) is 0 Å². The molecule has 6 heteroatoms. The molecule has 0 aliphatic heterocycles. The van der Waals surface area contributed by atoms with E-state index in [2.05, 4.69) is 5.32 Å². The van der Waals surface area contributed by atoms with Gasteiger partial charge in [0.2, 0.25) is 0 Å². The summed E-state index contributed by atoms with van der Waals surface area (Å²) in [5, 5.41) is 12.2. The van der Waals surface area contributed by atoms with Gasteiger partial charge in [0.15, 0.2) is 3.77 Å². The molecule has 0 spiro atoms. The van der Waals surface area contributed by atoms with Crippen molar-refractivity contribution in [1.82, 2.24) is 0 Å². The van der Waals surface area contributed by atoms with Gasteiger partial charge in [-0.2, -0.15) is 5.26 Å². The molecule has 100 valence electrons. The first kappa shape index (κ1) is 14.6. The number of carbonyl (C=O) groups is 1. The van der Waals surface area contributed by atoms with E-state index in [4.69, 9.17) is 21.3 Å². The molecular weight excluding hydrogens is 391 g/mol. The molecule has 1 N–H and O–H groups in total. The summed E-state index contributed by atoms with van der Waals surface area (Å²) >= 11 is 7.76. The molecule has 2 rings (SSSR count). The van der Waals surface area contributed by atoms with Crippen molar-refractivity contribution in [1.29, 1.82) is 5.26 Å². The Morgan fingerprint density at radius 1 is 1.30 bits per heavy atom. The average Bonchev–Trinajstić information content (AvgIpc) is 2.84. The molecule has 4 nitrogen and oxygen atoms in total. The number of rotatable bonds is 3.